The van der Waals surface area contributed by atoms with Crippen molar-refractivity contribution in [2.24, 2.45) is 17.8 Å². The summed E-state index contributed by atoms with van der Waals surface area (Å²) in [5.41, 5.74) is 0. The summed E-state index contributed by atoms with van der Waals surface area (Å²) in [6, 6.07) is 0. The molecule has 162 valence electrons. The van der Waals surface area contributed by atoms with Crippen LogP contribution in [0.1, 0.15) is 25.7 Å². The Kier molecular flexibility index (Phi) is 9.40. The number of ether oxygens (including phenoxy) is 3. The molecule has 2 aliphatic rings. The summed E-state index contributed by atoms with van der Waals surface area (Å²) < 4.78 is 41.7. The van der Waals surface area contributed by atoms with Crippen LogP contribution in [-0.2, 0) is 29.2 Å². The first-order valence-electron chi connectivity index (χ1n) is 9.40. The number of carboxylic acids is 1. The van der Waals surface area contributed by atoms with Gasteiger partial charge in [-0.05, 0) is 37.5 Å². The zero-order chi connectivity index (χ0) is 21.1. The van der Waals surface area contributed by atoms with Crippen LogP contribution in [0, 0.1) is 29.8 Å². The van der Waals surface area contributed by atoms with Gasteiger partial charge < -0.3 is 19.3 Å². The molecule has 29 heavy (non-hydrogen) atoms. The van der Waals surface area contributed by atoms with Crippen LogP contribution in [0.4, 0.5) is 4.79 Å². The van der Waals surface area contributed by atoms with Crippen LogP contribution in [0.2, 0.25) is 0 Å². The summed E-state index contributed by atoms with van der Waals surface area (Å²) in [6.45, 7) is -0.316. The fourth-order valence-corrected chi connectivity index (χ4v) is 3.88. The largest absolute Gasteiger partial charge is 0.480 e. The van der Waals surface area contributed by atoms with Gasteiger partial charge in [0.15, 0.2) is 0 Å². The zero-order valence-corrected chi connectivity index (χ0v) is 16.8. The molecular weight excluding hydrogens is 404 g/mol. The smallest absolute Gasteiger partial charge is 0.436 e. The molecule has 0 aliphatic heterocycles. The molecule has 0 radical (unpaired) electrons. The summed E-state index contributed by atoms with van der Waals surface area (Å²) in [5.74, 6) is 3.08. The lowest BCUT2D eigenvalue weighted by Crippen LogP contribution is -2.41. The molecule has 0 saturated heterocycles. The predicted octanol–water partition coefficient (Wildman–Crippen LogP) is 0.618. The molecular formula is C18H26N2O8S. The third-order valence-electron chi connectivity index (χ3n) is 4.55. The first-order chi connectivity index (χ1) is 13.9. The molecule has 10 nitrogen and oxygen atoms in total. The second-order valence-electron chi connectivity index (χ2n) is 6.67. The second kappa shape index (κ2) is 11.8. The highest BCUT2D eigenvalue weighted by atomic mass is 32.2. The topological polar surface area (TPSA) is 140 Å². The molecule has 0 aromatic carbocycles. The third kappa shape index (κ3) is 9.27. The van der Waals surface area contributed by atoms with E-state index in [0.29, 0.717) is 11.8 Å². The van der Waals surface area contributed by atoms with Crippen LogP contribution in [0.5, 0.6) is 0 Å². The average molecular weight is 430 g/mol. The van der Waals surface area contributed by atoms with E-state index in [2.05, 4.69) is 33.6 Å². The number of carbonyl (C=O) groups is 2. The molecule has 1 saturated carbocycles. The molecule has 2 unspecified atom stereocenters. The van der Waals surface area contributed by atoms with Crippen molar-refractivity contribution in [2.75, 3.05) is 33.0 Å². The van der Waals surface area contributed by atoms with E-state index in [1.165, 1.54) is 0 Å². The maximum atomic E-state index is 11.7. The standard InChI is InChI=1S/C18H26N2O8S/c21-17(22)13-27-12-11-26-10-8-19-29(24,25)20-18(23)28-9-7-16-14-5-3-1-2-4-6-15(14)16/h1-2,14-16,19H,3-6,8,10-13H2,(H,20,23)(H,21,22)/t14-,15?,16?/m0/s1. The Labute approximate surface area is 170 Å². The fraction of sp³-hybridized carbons (Fsp3) is 0.667. The minimum atomic E-state index is -4.09. The van der Waals surface area contributed by atoms with Gasteiger partial charge in [-0.1, -0.05) is 18.1 Å². The number of fused-ring (bicyclic) bond motifs is 1. The molecule has 3 atom stereocenters. The van der Waals surface area contributed by atoms with Crippen molar-refractivity contribution in [3.8, 4) is 12.0 Å². The van der Waals surface area contributed by atoms with Crippen LogP contribution >= 0.6 is 0 Å². The third-order valence-corrected chi connectivity index (χ3v) is 5.57. The highest BCUT2D eigenvalue weighted by Crippen LogP contribution is 2.52. The number of rotatable bonds is 10. The Hall–Kier alpha value is -2.13. The summed E-state index contributed by atoms with van der Waals surface area (Å²) in [4.78, 5) is 21.8. The molecule has 1 amide bonds. The van der Waals surface area contributed by atoms with E-state index < -0.39 is 28.9 Å². The van der Waals surface area contributed by atoms with Crippen molar-refractivity contribution in [3.63, 3.8) is 0 Å². The highest BCUT2D eigenvalue weighted by Gasteiger charge is 2.47. The normalized spacial score (nSPS) is 23.0. The maximum Gasteiger partial charge on any atom is 0.436 e. The maximum absolute atomic E-state index is 11.7. The second-order valence-corrected chi connectivity index (χ2v) is 8.17. The van der Waals surface area contributed by atoms with Crippen molar-refractivity contribution in [3.05, 3.63) is 12.2 Å². The number of carbonyl (C=O) groups excluding carboxylic acids is 1. The zero-order valence-electron chi connectivity index (χ0n) is 16.0. The van der Waals surface area contributed by atoms with Crippen molar-refractivity contribution < 1.29 is 37.3 Å². The minimum Gasteiger partial charge on any atom is -0.480 e. The predicted molar refractivity (Wildman–Crippen MR) is 102 cm³/mol. The molecule has 3 N–H and O–H groups in total. The van der Waals surface area contributed by atoms with E-state index >= 15 is 0 Å². The molecule has 2 aliphatic carbocycles. The van der Waals surface area contributed by atoms with Crippen LogP contribution in [0.3, 0.4) is 0 Å². The van der Waals surface area contributed by atoms with Gasteiger partial charge in [-0.15, -0.1) is 0 Å². The van der Waals surface area contributed by atoms with Crippen LogP contribution in [-0.4, -0.2) is 58.6 Å². The van der Waals surface area contributed by atoms with Gasteiger partial charge >= 0.3 is 22.3 Å². The van der Waals surface area contributed by atoms with E-state index in [0.717, 1.165) is 25.7 Å². The van der Waals surface area contributed by atoms with Crippen LogP contribution in [0.15, 0.2) is 12.2 Å². The average Bonchev–Trinajstić information content (AvgIpc) is 3.25. The molecule has 11 heteroatoms. The van der Waals surface area contributed by atoms with Crippen LogP contribution in [0.25, 0.3) is 0 Å². The van der Waals surface area contributed by atoms with Crippen LogP contribution < -0.4 is 9.44 Å². The van der Waals surface area contributed by atoms with Gasteiger partial charge in [0.05, 0.1) is 19.8 Å². The molecule has 0 heterocycles. The van der Waals surface area contributed by atoms with Crippen molar-refractivity contribution in [1.82, 2.24) is 9.44 Å². The number of aliphatic carboxylic acids is 1. The number of hydrogen-bond donors (Lipinski definition) is 3. The number of nitrogens with one attached hydrogen (secondary N) is 2. The Balaban J connectivity index is 1.57. The molecule has 0 aromatic heterocycles. The highest BCUT2D eigenvalue weighted by molar-refractivity contribution is 7.88. The van der Waals surface area contributed by atoms with Gasteiger partial charge in [0, 0.05) is 12.5 Å². The Morgan fingerprint density at radius 3 is 2.38 bits per heavy atom. The summed E-state index contributed by atoms with van der Waals surface area (Å²) >= 11 is 0. The Bertz CT molecular complexity index is 740. The molecule has 0 spiro atoms. The SMILES string of the molecule is O=C(O)COCCOCCNS(=O)(=O)NC(=O)OC#CC1C2CCC=CCC[C@H]12. The molecule has 2 rings (SSSR count). The van der Waals surface area contributed by atoms with Gasteiger partial charge in [-0.3, -0.25) is 0 Å². The van der Waals surface area contributed by atoms with E-state index in [4.69, 9.17) is 14.6 Å². The number of allylic oxidation sites excluding steroid dienone is 2. The van der Waals surface area contributed by atoms with E-state index in [1.54, 1.807) is 4.72 Å². The summed E-state index contributed by atoms with van der Waals surface area (Å²) in [5, 5.41) is 8.37. The minimum absolute atomic E-state index is 0.0194. The lowest BCUT2D eigenvalue weighted by Gasteiger charge is -2.07. The first-order valence-corrected chi connectivity index (χ1v) is 10.9. The molecule has 0 aromatic rings. The number of amides is 1. The Morgan fingerprint density at radius 1 is 1.07 bits per heavy atom. The van der Waals surface area contributed by atoms with Crippen molar-refractivity contribution in [1.29, 1.82) is 0 Å². The van der Waals surface area contributed by atoms with Gasteiger partial charge in [0.2, 0.25) is 0 Å². The number of carboxylic acid groups (broad SMARTS) is 1. The monoisotopic (exact) mass is 430 g/mol. The molecule has 1 fully saturated rings. The van der Waals surface area contributed by atoms with Gasteiger partial charge in [-0.25, -0.2) is 14.3 Å². The summed E-state index contributed by atoms with van der Waals surface area (Å²) in [7, 11) is -4.09. The molecule has 0 bridgehead atoms. The lowest BCUT2D eigenvalue weighted by molar-refractivity contribution is -0.142. The first kappa shape index (κ1) is 23.2. The van der Waals surface area contributed by atoms with E-state index in [-0.39, 0.29) is 32.3 Å². The van der Waals surface area contributed by atoms with E-state index in [1.807, 2.05) is 0 Å². The van der Waals surface area contributed by atoms with Gasteiger partial charge in [0.1, 0.15) is 12.7 Å². The lowest BCUT2D eigenvalue weighted by atomic mass is 10.1. The fourth-order valence-electron chi connectivity index (χ4n) is 3.20. The van der Waals surface area contributed by atoms with Crippen molar-refractivity contribution >= 4 is 22.3 Å². The van der Waals surface area contributed by atoms with E-state index in [9.17, 15) is 18.0 Å². The Morgan fingerprint density at radius 2 is 1.72 bits per heavy atom. The summed E-state index contributed by atoms with van der Waals surface area (Å²) in [6.07, 6.45) is 9.70. The quantitative estimate of drug-likeness (QED) is 0.260. The van der Waals surface area contributed by atoms with Gasteiger partial charge in [-0.2, -0.15) is 13.1 Å². The van der Waals surface area contributed by atoms with Gasteiger partial charge in [0.25, 0.3) is 0 Å². The number of hydrogen-bond acceptors (Lipinski definition) is 7. The van der Waals surface area contributed by atoms with Crippen molar-refractivity contribution in [2.45, 2.75) is 25.7 Å².